The zero-order valence-corrected chi connectivity index (χ0v) is 27.9. The number of hydrogen-bond acceptors (Lipinski definition) is 5. The number of ether oxygens (including phenoxy) is 1. The third-order valence-corrected chi connectivity index (χ3v) is 8.90. The number of amides is 2. The Labute approximate surface area is 268 Å². The molecule has 232 valence electrons. The Bertz CT molecular complexity index is 1470. The molecule has 2 amide bonds. The summed E-state index contributed by atoms with van der Waals surface area (Å²) >= 11 is 9.77. The third-order valence-electron chi connectivity index (χ3n) is 6.92. The Morgan fingerprint density at radius 1 is 1.00 bits per heavy atom. The van der Waals surface area contributed by atoms with E-state index in [1.807, 2.05) is 54.6 Å². The molecule has 0 bridgehead atoms. The Kier molecular flexibility index (Phi) is 13.3. The molecule has 8 nitrogen and oxygen atoms in total. The number of halogens is 2. The number of rotatable bonds is 16. The third kappa shape index (κ3) is 10.5. The van der Waals surface area contributed by atoms with Crippen LogP contribution in [0, 0.1) is 0 Å². The van der Waals surface area contributed by atoms with Gasteiger partial charge in [0, 0.05) is 36.9 Å². The van der Waals surface area contributed by atoms with E-state index in [0.717, 1.165) is 34.7 Å². The van der Waals surface area contributed by atoms with Crippen molar-refractivity contribution in [2.24, 2.45) is 0 Å². The van der Waals surface area contributed by atoms with Crippen LogP contribution >= 0.6 is 27.5 Å². The van der Waals surface area contributed by atoms with Crippen LogP contribution < -0.4 is 14.4 Å². The number of nitrogens with one attached hydrogen (secondary N) is 1. The number of methoxy groups -OCH3 is 1. The minimum Gasteiger partial charge on any atom is -0.495 e. The molecule has 0 aromatic heterocycles. The number of unbranched alkanes of at least 4 members (excludes halogenated alkanes) is 1. The van der Waals surface area contributed by atoms with Crippen LogP contribution in [-0.2, 0) is 32.6 Å². The van der Waals surface area contributed by atoms with Crippen LogP contribution in [0.4, 0.5) is 5.69 Å². The van der Waals surface area contributed by atoms with Crippen LogP contribution in [0.3, 0.4) is 0 Å². The molecule has 0 heterocycles. The molecule has 3 rings (SSSR count). The van der Waals surface area contributed by atoms with Gasteiger partial charge in [-0.2, -0.15) is 0 Å². The van der Waals surface area contributed by atoms with Crippen molar-refractivity contribution < 1.29 is 22.7 Å². The van der Waals surface area contributed by atoms with Gasteiger partial charge < -0.3 is 15.0 Å². The number of carbonyl (C=O) groups excluding carboxylic acids is 2. The van der Waals surface area contributed by atoms with E-state index in [1.165, 1.54) is 17.5 Å². The first kappa shape index (κ1) is 34.4. The van der Waals surface area contributed by atoms with Gasteiger partial charge in [-0.05, 0) is 54.3 Å². The van der Waals surface area contributed by atoms with Gasteiger partial charge in [0.1, 0.15) is 11.8 Å². The molecule has 0 saturated heterocycles. The summed E-state index contributed by atoms with van der Waals surface area (Å²) in [6.45, 7) is 2.86. The highest BCUT2D eigenvalue weighted by molar-refractivity contribution is 9.10. The summed E-state index contributed by atoms with van der Waals surface area (Å²) in [6, 6.07) is 21.2. The standard InChI is InChI=1S/C32H39BrClN3O5S/c1-4-5-18-35-32(39)29(21-24-11-7-6-8-12-24)36(23-25-13-9-14-26(33)20-25)31(38)15-10-19-37(43(3,40)41)27-16-17-30(42-2)28(34)22-27/h6-9,11-14,16-17,20,22,29H,4-5,10,15,18-19,21,23H2,1-3H3,(H,35,39)/t29-/m0/s1. The highest BCUT2D eigenvalue weighted by Crippen LogP contribution is 2.30. The van der Waals surface area contributed by atoms with Crippen molar-refractivity contribution in [1.82, 2.24) is 10.2 Å². The summed E-state index contributed by atoms with van der Waals surface area (Å²) in [5, 5.41) is 3.29. The van der Waals surface area contributed by atoms with E-state index >= 15 is 0 Å². The van der Waals surface area contributed by atoms with E-state index < -0.39 is 16.1 Å². The van der Waals surface area contributed by atoms with Crippen molar-refractivity contribution >= 4 is 55.1 Å². The van der Waals surface area contributed by atoms with Gasteiger partial charge in [-0.3, -0.25) is 13.9 Å². The average Bonchev–Trinajstić information content (AvgIpc) is 2.97. The highest BCUT2D eigenvalue weighted by atomic mass is 79.9. The second-order valence-electron chi connectivity index (χ2n) is 10.3. The second-order valence-corrected chi connectivity index (χ2v) is 13.5. The smallest absolute Gasteiger partial charge is 0.243 e. The van der Waals surface area contributed by atoms with Crippen molar-refractivity contribution in [3.63, 3.8) is 0 Å². The molecule has 0 fully saturated rings. The average molecular weight is 693 g/mol. The molecule has 3 aromatic carbocycles. The summed E-state index contributed by atoms with van der Waals surface area (Å²) in [4.78, 5) is 29.1. The van der Waals surface area contributed by atoms with Crippen LogP contribution in [0.5, 0.6) is 5.75 Å². The lowest BCUT2D eigenvalue weighted by atomic mass is 10.0. The fraction of sp³-hybridized carbons (Fsp3) is 0.375. The molecule has 0 aliphatic rings. The van der Waals surface area contributed by atoms with Crippen LogP contribution in [0.1, 0.15) is 43.7 Å². The van der Waals surface area contributed by atoms with Gasteiger partial charge in [0.15, 0.2) is 0 Å². The number of sulfonamides is 1. The molecular weight excluding hydrogens is 654 g/mol. The highest BCUT2D eigenvalue weighted by Gasteiger charge is 2.30. The van der Waals surface area contributed by atoms with E-state index in [-0.39, 0.29) is 42.8 Å². The van der Waals surface area contributed by atoms with Crippen molar-refractivity contribution in [3.05, 3.63) is 93.4 Å². The summed E-state index contributed by atoms with van der Waals surface area (Å²) in [5.74, 6) is -0.0297. The van der Waals surface area contributed by atoms with Gasteiger partial charge in [-0.1, -0.05) is 83.3 Å². The van der Waals surface area contributed by atoms with E-state index in [4.69, 9.17) is 16.3 Å². The van der Waals surface area contributed by atoms with Gasteiger partial charge in [-0.25, -0.2) is 8.42 Å². The van der Waals surface area contributed by atoms with Crippen LogP contribution in [0.15, 0.2) is 77.3 Å². The molecule has 3 aromatic rings. The summed E-state index contributed by atoms with van der Waals surface area (Å²) < 4.78 is 32.7. The SMILES string of the molecule is CCCCNC(=O)[C@H](Cc1ccccc1)N(Cc1cccc(Br)c1)C(=O)CCCN(c1ccc(OC)c(Cl)c1)S(C)(=O)=O. The van der Waals surface area contributed by atoms with Gasteiger partial charge >= 0.3 is 0 Å². The molecule has 0 spiro atoms. The quantitative estimate of drug-likeness (QED) is 0.180. The minimum absolute atomic E-state index is 0.0391. The number of carbonyl (C=O) groups is 2. The Morgan fingerprint density at radius 3 is 2.35 bits per heavy atom. The van der Waals surface area contributed by atoms with Crippen molar-refractivity contribution in [2.75, 3.05) is 30.8 Å². The maximum atomic E-state index is 13.9. The predicted molar refractivity (Wildman–Crippen MR) is 176 cm³/mol. The van der Waals surface area contributed by atoms with E-state index in [2.05, 4.69) is 28.2 Å². The molecule has 11 heteroatoms. The molecule has 0 unspecified atom stereocenters. The number of anilines is 1. The fourth-order valence-electron chi connectivity index (χ4n) is 4.71. The normalized spacial score (nSPS) is 11.9. The lowest BCUT2D eigenvalue weighted by Gasteiger charge is -2.32. The molecule has 1 N–H and O–H groups in total. The van der Waals surface area contributed by atoms with Crippen LogP contribution in [0.2, 0.25) is 5.02 Å². The van der Waals surface area contributed by atoms with Gasteiger partial charge in [0.25, 0.3) is 0 Å². The maximum absolute atomic E-state index is 13.9. The number of benzene rings is 3. The molecular formula is C32H39BrClN3O5S. The summed E-state index contributed by atoms with van der Waals surface area (Å²) in [6.07, 6.45) is 3.50. The topological polar surface area (TPSA) is 96.0 Å². The first-order chi connectivity index (χ1) is 20.5. The summed E-state index contributed by atoms with van der Waals surface area (Å²) in [7, 11) is -2.19. The van der Waals surface area contributed by atoms with E-state index in [0.29, 0.717) is 24.4 Å². The van der Waals surface area contributed by atoms with Gasteiger partial charge in [0.05, 0.1) is 24.1 Å². The summed E-state index contributed by atoms with van der Waals surface area (Å²) in [5.41, 5.74) is 2.18. The molecule has 0 aliphatic carbocycles. The fourth-order valence-corrected chi connectivity index (χ4v) is 6.36. The number of hydrogen-bond donors (Lipinski definition) is 1. The Hall–Kier alpha value is -3.08. The van der Waals surface area contributed by atoms with E-state index in [9.17, 15) is 18.0 Å². The minimum atomic E-state index is -3.67. The Morgan fingerprint density at radius 2 is 1.72 bits per heavy atom. The molecule has 0 aliphatic heterocycles. The molecule has 43 heavy (non-hydrogen) atoms. The Balaban J connectivity index is 1.88. The van der Waals surface area contributed by atoms with Gasteiger partial charge in [-0.15, -0.1) is 0 Å². The monoisotopic (exact) mass is 691 g/mol. The number of nitrogens with zero attached hydrogens (tertiary/aromatic N) is 2. The van der Waals surface area contributed by atoms with Crippen molar-refractivity contribution in [1.29, 1.82) is 0 Å². The lowest BCUT2D eigenvalue weighted by molar-refractivity contribution is -0.141. The van der Waals surface area contributed by atoms with Crippen LogP contribution in [0.25, 0.3) is 0 Å². The molecule has 0 saturated carbocycles. The zero-order valence-electron chi connectivity index (χ0n) is 24.8. The molecule has 1 atom stereocenters. The van der Waals surface area contributed by atoms with Crippen molar-refractivity contribution in [3.8, 4) is 5.75 Å². The maximum Gasteiger partial charge on any atom is 0.243 e. The molecule has 0 radical (unpaired) electrons. The van der Waals surface area contributed by atoms with Crippen LogP contribution in [-0.4, -0.2) is 57.6 Å². The largest absolute Gasteiger partial charge is 0.495 e. The van der Waals surface area contributed by atoms with Gasteiger partial charge in [0.2, 0.25) is 21.8 Å². The van der Waals surface area contributed by atoms with E-state index in [1.54, 1.807) is 17.0 Å². The lowest BCUT2D eigenvalue weighted by Crippen LogP contribution is -2.50. The predicted octanol–water partition coefficient (Wildman–Crippen LogP) is 6.21. The second kappa shape index (κ2) is 16.7. The first-order valence-electron chi connectivity index (χ1n) is 14.2. The zero-order chi connectivity index (χ0) is 31.4. The van der Waals surface area contributed by atoms with Crippen molar-refractivity contribution in [2.45, 2.75) is 51.6 Å². The first-order valence-corrected chi connectivity index (χ1v) is 17.2.